The van der Waals surface area contributed by atoms with Crippen molar-refractivity contribution in [3.63, 3.8) is 0 Å². The van der Waals surface area contributed by atoms with Crippen LogP contribution >= 0.6 is 11.8 Å². The summed E-state index contributed by atoms with van der Waals surface area (Å²) in [5, 5.41) is 9.35. The number of aromatic nitrogens is 2. The first-order chi connectivity index (χ1) is 7.65. The smallest absolute Gasteiger partial charge is 0.313 e. The van der Waals surface area contributed by atoms with Crippen molar-refractivity contribution in [2.75, 3.05) is 19.5 Å². The SMILES string of the molecule is COCCC(C)n1ccnc1SCC(=O)O. The molecule has 0 saturated heterocycles. The van der Waals surface area contributed by atoms with E-state index in [1.54, 1.807) is 13.3 Å². The number of imidazole rings is 1. The van der Waals surface area contributed by atoms with E-state index in [2.05, 4.69) is 11.9 Å². The molecule has 16 heavy (non-hydrogen) atoms. The molecule has 1 N–H and O–H groups in total. The maximum Gasteiger partial charge on any atom is 0.313 e. The quantitative estimate of drug-likeness (QED) is 0.739. The lowest BCUT2D eigenvalue weighted by Gasteiger charge is -2.15. The van der Waals surface area contributed by atoms with Gasteiger partial charge in [-0.05, 0) is 13.3 Å². The molecule has 0 fully saturated rings. The topological polar surface area (TPSA) is 64.4 Å². The molecule has 1 atom stereocenters. The number of hydrogen-bond acceptors (Lipinski definition) is 4. The van der Waals surface area contributed by atoms with Crippen molar-refractivity contribution in [1.29, 1.82) is 0 Å². The van der Waals surface area contributed by atoms with Crippen molar-refractivity contribution in [2.45, 2.75) is 24.5 Å². The molecule has 0 saturated carbocycles. The van der Waals surface area contributed by atoms with E-state index < -0.39 is 5.97 Å². The molecule has 1 rings (SSSR count). The molecule has 6 heteroatoms. The van der Waals surface area contributed by atoms with Gasteiger partial charge in [-0.25, -0.2) is 4.98 Å². The molecular formula is C10H16N2O3S. The Kier molecular flexibility index (Phi) is 5.34. The normalized spacial score (nSPS) is 12.6. The maximum atomic E-state index is 10.5. The summed E-state index contributed by atoms with van der Waals surface area (Å²) in [5.74, 6) is -0.794. The summed E-state index contributed by atoms with van der Waals surface area (Å²) < 4.78 is 6.99. The predicted octanol–water partition coefficient (Wildman–Crippen LogP) is 1.66. The molecule has 0 aliphatic heterocycles. The average Bonchev–Trinajstić information content (AvgIpc) is 2.71. The Morgan fingerprint density at radius 2 is 2.50 bits per heavy atom. The molecule has 5 nitrogen and oxygen atoms in total. The summed E-state index contributed by atoms with van der Waals surface area (Å²) in [7, 11) is 1.67. The van der Waals surface area contributed by atoms with Crippen LogP contribution in [0.25, 0.3) is 0 Å². The second-order valence-corrected chi connectivity index (χ2v) is 4.37. The molecule has 0 aromatic carbocycles. The Balaban J connectivity index is 2.58. The minimum atomic E-state index is -0.830. The van der Waals surface area contributed by atoms with Gasteiger partial charge in [-0.15, -0.1) is 0 Å². The Bertz CT molecular complexity index is 341. The van der Waals surface area contributed by atoms with Crippen molar-refractivity contribution in [2.24, 2.45) is 0 Å². The third-order valence-electron chi connectivity index (χ3n) is 2.17. The number of rotatable bonds is 7. The fourth-order valence-corrected chi connectivity index (χ4v) is 2.08. The van der Waals surface area contributed by atoms with Gasteiger partial charge in [0.05, 0.1) is 5.75 Å². The molecule has 0 amide bonds. The van der Waals surface area contributed by atoms with E-state index >= 15 is 0 Å². The lowest BCUT2D eigenvalue weighted by Crippen LogP contribution is -2.09. The summed E-state index contributed by atoms with van der Waals surface area (Å²) in [6, 6.07) is 0.263. The highest BCUT2D eigenvalue weighted by molar-refractivity contribution is 7.99. The Hall–Kier alpha value is -1.01. The van der Waals surface area contributed by atoms with Crippen LogP contribution in [0.3, 0.4) is 0 Å². The summed E-state index contributed by atoms with van der Waals surface area (Å²) in [6.07, 6.45) is 4.44. The van der Waals surface area contributed by atoms with E-state index in [0.29, 0.717) is 6.61 Å². The molecule has 0 radical (unpaired) electrons. The second-order valence-electron chi connectivity index (χ2n) is 3.43. The lowest BCUT2D eigenvalue weighted by atomic mass is 10.2. The third-order valence-corrected chi connectivity index (χ3v) is 3.14. The molecule has 1 aromatic rings. The summed E-state index contributed by atoms with van der Waals surface area (Å²) in [6.45, 7) is 2.74. The van der Waals surface area contributed by atoms with Gasteiger partial charge in [0.2, 0.25) is 0 Å². The van der Waals surface area contributed by atoms with Crippen LogP contribution in [0.15, 0.2) is 17.6 Å². The first-order valence-electron chi connectivity index (χ1n) is 5.01. The number of ether oxygens (including phenoxy) is 1. The fraction of sp³-hybridized carbons (Fsp3) is 0.600. The zero-order valence-electron chi connectivity index (χ0n) is 9.42. The Morgan fingerprint density at radius 3 is 3.12 bits per heavy atom. The molecule has 0 spiro atoms. The van der Waals surface area contributed by atoms with Crippen molar-refractivity contribution >= 4 is 17.7 Å². The van der Waals surface area contributed by atoms with Crippen LogP contribution < -0.4 is 0 Å². The standard InChI is InChI=1S/C10H16N2O3S/c1-8(3-6-15-2)12-5-4-11-10(12)16-7-9(13)14/h4-5,8H,3,6-7H2,1-2H3,(H,13,14). The van der Waals surface area contributed by atoms with E-state index in [1.807, 2.05) is 10.8 Å². The number of hydrogen-bond donors (Lipinski definition) is 1. The molecule has 0 bridgehead atoms. The number of aliphatic carboxylic acids is 1. The highest BCUT2D eigenvalue weighted by atomic mass is 32.2. The fourth-order valence-electron chi connectivity index (χ4n) is 1.30. The monoisotopic (exact) mass is 244 g/mol. The molecule has 1 heterocycles. The van der Waals surface area contributed by atoms with Crippen LogP contribution in [0, 0.1) is 0 Å². The van der Waals surface area contributed by atoms with Gasteiger partial charge in [0.1, 0.15) is 0 Å². The van der Waals surface area contributed by atoms with Crippen LogP contribution in [-0.4, -0.2) is 40.1 Å². The lowest BCUT2D eigenvalue weighted by molar-refractivity contribution is -0.133. The summed E-state index contributed by atoms with van der Waals surface area (Å²) >= 11 is 1.24. The maximum absolute atomic E-state index is 10.5. The van der Waals surface area contributed by atoms with Gasteiger partial charge in [-0.3, -0.25) is 4.79 Å². The molecule has 90 valence electrons. The predicted molar refractivity (Wildman–Crippen MR) is 61.8 cm³/mol. The van der Waals surface area contributed by atoms with Crippen molar-refractivity contribution in [3.8, 4) is 0 Å². The van der Waals surface area contributed by atoms with Crippen molar-refractivity contribution in [1.82, 2.24) is 9.55 Å². The van der Waals surface area contributed by atoms with E-state index in [4.69, 9.17) is 9.84 Å². The number of carboxylic acids is 1. The van der Waals surface area contributed by atoms with Gasteiger partial charge in [-0.1, -0.05) is 11.8 Å². The molecule has 0 aliphatic carbocycles. The average molecular weight is 244 g/mol. The molecule has 0 aliphatic rings. The van der Waals surface area contributed by atoms with Crippen LogP contribution in [0.2, 0.25) is 0 Å². The second kappa shape index (κ2) is 6.55. The number of nitrogens with zero attached hydrogens (tertiary/aromatic N) is 2. The van der Waals surface area contributed by atoms with Crippen molar-refractivity contribution in [3.05, 3.63) is 12.4 Å². The zero-order chi connectivity index (χ0) is 12.0. The van der Waals surface area contributed by atoms with E-state index in [0.717, 1.165) is 11.6 Å². The molecule has 1 unspecified atom stereocenters. The number of thioether (sulfide) groups is 1. The van der Waals surface area contributed by atoms with Crippen LogP contribution in [-0.2, 0) is 9.53 Å². The zero-order valence-corrected chi connectivity index (χ0v) is 10.2. The highest BCUT2D eigenvalue weighted by Gasteiger charge is 2.11. The van der Waals surface area contributed by atoms with Gasteiger partial charge in [0.15, 0.2) is 5.16 Å². The third kappa shape index (κ3) is 3.86. The summed E-state index contributed by atoms with van der Waals surface area (Å²) in [4.78, 5) is 14.6. The van der Waals surface area contributed by atoms with E-state index in [-0.39, 0.29) is 11.8 Å². The summed E-state index contributed by atoms with van der Waals surface area (Å²) in [5.41, 5.74) is 0. The highest BCUT2D eigenvalue weighted by Crippen LogP contribution is 2.21. The van der Waals surface area contributed by atoms with E-state index in [9.17, 15) is 4.79 Å². The number of methoxy groups -OCH3 is 1. The van der Waals surface area contributed by atoms with Gasteiger partial charge in [0, 0.05) is 32.2 Å². The van der Waals surface area contributed by atoms with Crippen molar-refractivity contribution < 1.29 is 14.6 Å². The minimum Gasteiger partial charge on any atom is -0.481 e. The number of carboxylic acid groups (broad SMARTS) is 1. The Morgan fingerprint density at radius 1 is 1.75 bits per heavy atom. The molecular weight excluding hydrogens is 228 g/mol. The van der Waals surface area contributed by atoms with Crippen LogP contribution in [0.1, 0.15) is 19.4 Å². The first-order valence-corrected chi connectivity index (χ1v) is 6.00. The largest absolute Gasteiger partial charge is 0.481 e. The minimum absolute atomic E-state index is 0.0357. The van der Waals surface area contributed by atoms with Gasteiger partial charge in [-0.2, -0.15) is 0 Å². The first kappa shape index (κ1) is 13.1. The molecule has 1 aromatic heterocycles. The van der Waals surface area contributed by atoms with Crippen LogP contribution in [0.5, 0.6) is 0 Å². The van der Waals surface area contributed by atoms with Gasteiger partial charge < -0.3 is 14.4 Å². The van der Waals surface area contributed by atoms with Crippen LogP contribution in [0.4, 0.5) is 0 Å². The Labute approximate surface area is 98.8 Å². The van der Waals surface area contributed by atoms with Gasteiger partial charge in [0.25, 0.3) is 0 Å². The van der Waals surface area contributed by atoms with Gasteiger partial charge >= 0.3 is 5.97 Å². The van der Waals surface area contributed by atoms with E-state index in [1.165, 1.54) is 11.8 Å². The number of carbonyl (C=O) groups is 1.